The summed E-state index contributed by atoms with van der Waals surface area (Å²) in [5, 5.41) is 13.8. The molecule has 0 aliphatic heterocycles. The number of nitrogens with zero attached hydrogens (tertiary/aromatic N) is 4. The summed E-state index contributed by atoms with van der Waals surface area (Å²) in [6, 6.07) is 16.2. The Hall–Kier alpha value is -3.55. The van der Waals surface area contributed by atoms with Crippen molar-refractivity contribution in [3.05, 3.63) is 72.1 Å². The van der Waals surface area contributed by atoms with E-state index in [0.29, 0.717) is 12.1 Å². The highest BCUT2D eigenvalue weighted by atomic mass is 16.5. The minimum absolute atomic E-state index is 0.345. The average Bonchev–Trinajstić information content (AvgIpc) is 3.27. The summed E-state index contributed by atoms with van der Waals surface area (Å²) in [6.45, 7) is 3.60. The van der Waals surface area contributed by atoms with Gasteiger partial charge in [0, 0.05) is 12.1 Å². The molecule has 2 atom stereocenters. The molecule has 1 amide bonds. The Bertz CT molecular complexity index is 927. The number of esters is 1. The summed E-state index contributed by atoms with van der Waals surface area (Å²) in [5.41, 5.74) is 2.75. The SMILES string of the molecule is CCc1ccc(NC(=O)[C@@H](C)OC(=O)[C@@H](Cc2ccccc2)n2cnnn2)cc1. The van der Waals surface area contributed by atoms with Gasteiger partial charge in [0.15, 0.2) is 12.1 Å². The molecule has 8 nitrogen and oxygen atoms in total. The van der Waals surface area contributed by atoms with E-state index < -0.39 is 24.0 Å². The third-order valence-corrected chi connectivity index (χ3v) is 4.52. The molecule has 0 spiro atoms. The summed E-state index contributed by atoms with van der Waals surface area (Å²) < 4.78 is 6.76. The van der Waals surface area contributed by atoms with Crippen LogP contribution in [0.25, 0.3) is 0 Å². The molecule has 150 valence electrons. The molecule has 0 saturated carbocycles. The zero-order chi connectivity index (χ0) is 20.6. The lowest BCUT2D eigenvalue weighted by Crippen LogP contribution is -2.34. The molecule has 0 unspecified atom stereocenters. The van der Waals surface area contributed by atoms with E-state index >= 15 is 0 Å². The van der Waals surface area contributed by atoms with Crippen LogP contribution >= 0.6 is 0 Å². The van der Waals surface area contributed by atoms with Gasteiger partial charge in [0.2, 0.25) is 0 Å². The molecule has 2 aromatic carbocycles. The highest BCUT2D eigenvalue weighted by Gasteiger charge is 2.27. The first kappa shape index (κ1) is 20.2. The number of hydrogen-bond acceptors (Lipinski definition) is 6. The fourth-order valence-electron chi connectivity index (χ4n) is 2.81. The van der Waals surface area contributed by atoms with Crippen LogP contribution in [0.2, 0.25) is 0 Å². The van der Waals surface area contributed by atoms with Crippen LogP contribution in [0.3, 0.4) is 0 Å². The molecule has 0 aliphatic carbocycles. The quantitative estimate of drug-likeness (QED) is 0.591. The molecule has 0 radical (unpaired) electrons. The second kappa shape index (κ2) is 9.59. The summed E-state index contributed by atoms with van der Waals surface area (Å²) >= 11 is 0. The van der Waals surface area contributed by atoms with Crippen molar-refractivity contribution in [3.63, 3.8) is 0 Å². The lowest BCUT2D eigenvalue weighted by Gasteiger charge is -2.19. The first-order valence-corrected chi connectivity index (χ1v) is 9.43. The third kappa shape index (κ3) is 5.47. The first-order valence-electron chi connectivity index (χ1n) is 9.43. The smallest absolute Gasteiger partial charge is 0.332 e. The Morgan fingerprint density at radius 3 is 2.41 bits per heavy atom. The van der Waals surface area contributed by atoms with Crippen molar-refractivity contribution in [2.45, 2.75) is 38.8 Å². The maximum absolute atomic E-state index is 12.8. The summed E-state index contributed by atoms with van der Waals surface area (Å²) in [5.74, 6) is -0.983. The van der Waals surface area contributed by atoms with E-state index in [2.05, 4.69) is 27.8 Å². The van der Waals surface area contributed by atoms with Crippen LogP contribution in [-0.4, -0.2) is 38.2 Å². The molecule has 0 fully saturated rings. The lowest BCUT2D eigenvalue weighted by molar-refractivity contribution is -0.156. The average molecular weight is 393 g/mol. The normalized spacial score (nSPS) is 12.8. The van der Waals surface area contributed by atoms with E-state index in [-0.39, 0.29) is 0 Å². The highest BCUT2D eigenvalue weighted by molar-refractivity contribution is 5.95. The van der Waals surface area contributed by atoms with Gasteiger partial charge in [-0.1, -0.05) is 49.4 Å². The van der Waals surface area contributed by atoms with Crippen LogP contribution in [0.4, 0.5) is 5.69 Å². The van der Waals surface area contributed by atoms with E-state index in [0.717, 1.165) is 12.0 Å². The van der Waals surface area contributed by atoms with Crippen LogP contribution in [0.15, 0.2) is 60.9 Å². The van der Waals surface area contributed by atoms with E-state index in [1.807, 2.05) is 54.6 Å². The van der Waals surface area contributed by atoms with Crippen molar-refractivity contribution < 1.29 is 14.3 Å². The molecule has 3 aromatic rings. The molecular formula is C21H23N5O3. The number of hydrogen-bond donors (Lipinski definition) is 1. The molecular weight excluding hydrogens is 370 g/mol. The van der Waals surface area contributed by atoms with Crippen LogP contribution in [-0.2, 0) is 27.2 Å². The molecule has 0 aliphatic rings. The molecule has 1 N–H and O–H groups in total. The van der Waals surface area contributed by atoms with Gasteiger partial charge in [-0.15, -0.1) is 5.10 Å². The van der Waals surface area contributed by atoms with Gasteiger partial charge in [0.05, 0.1) is 0 Å². The van der Waals surface area contributed by atoms with Gasteiger partial charge in [-0.2, -0.15) is 0 Å². The summed E-state index contributed by atoms with van der Waals surface area (Å²) in [7, 11) is 0. The Balaban J connectivity index is 1.65. The van der Waals surface area contributed by atoms with Gasteiger partial charge in [0.1, 0.15) is 6.33 Å². The minimum Gasteiger partial charge on any atom is -0.451 e. The number of aromatic nitrogens is 4. The number of nitrogens with one attached hydrogen (secondary N) is 1. The monoisotopic (exact) mass is 393 g/mol. The zero-order valence-electron chi connectivity index (χ0n) is 16.4. The highest BCUT2D eigenvalue weighted by Crippen LogP contribution is 2.17. The molecule has 1 heterocycles. The van der Waals surface area contributed by atoms with Crippen LogP contribution in [0.1, 0.15) is 31.0 Å². The van der Waals surface area contributed by atoms with Gasteiger partial charge in [-0.25, -0.2) is 9.48 Å². The molecule has 8 heteroatoms. The van der Waals surface area contributed by atoms with E-state index in [1.165, 1.54) is 23.5 Å². The first-order chi connectivity index (χ1) is 14.1. The topological polar surface area (TPSA) is 99.0 Å². The van der Waals surface area contributed by atoms with Crippen molar-refractivity contribution in [1.82, 2.24) is 20.2 Å². The Labute approximate surface area is 168 Å². The number of amides is 1. The summed E-state index contributed by atoms with van der Waals surface area (Å²) in [4.78, 5) is 25.2. The number of aryl methyl sites for hydroxylation is 1. The summed E-state index contributed by atoms with van der Waals surface area (Å²) in [6.07, 6.45) is 1.65. The third-order valence-electron chi connectivity index (χ3n) is 4.52. The fourth-order valence-corrected chi connectivity index (χ4v) is 2.81. The second-order valence-electron chi connectivity index (χ2n) is 6.61. The molecule has 29 heavy (non-hydrogen) atoms. The van der Waals surface area contributed by atoms with Gasteiger partial charge in [-0.05, 0) is 47.0 Å². The van der Waals surface area contributed by atoms with Gasteiger partial charge in [0.25, 0.3) is 5.91 Å². The number of ether oxygens (including phenoxy) is 1. The largest absolute Gasteiger partial charge is 0.451 e. The number of carbonyl (C=O) groups excluding carboxylic acids is 2. The molecule has 3 rings (SSSR count). The van der Waals surface area contributed by atoms with Crippen molar-refractivity contribution in [2.24, 2.45) is 0 Å². The molecule has 0 saturated heterocycles. The van der Waals surface area contributed by atoms with Crippen molar-refractivity contribution in [1.29, 1.82) is 0 Å². The van der Waals surface area contributed by atoms with E-state index in [9.17, 15) is 9.59 Å². The maximum atomic E-state index is 12.8. The van der Waals surface area contributed by atoms with E-state index in [4.69, 9.17) is 4.74 Å². The number of benzene rings is 2. The Morgan fingerprint density at radius 1 is 1.07 bits per heavy atom. The predicted molar refractivity (Wildman–Crippen MR) is 107 cm³/mol. The molecule has 0 bridgehead atoms. The van der Waals surface area contributed by atoms with Crippen LogP contribution < -0.4 is 5.32 Å². The zero-order valence-corrected chi connectivity index (χ0v) is 16.4. The minimum atomic E-state index is -0.969. The number of tetrazole rings is 1. The van der Waals surface area contributed by atoms with Crippen LogP contribution in [0, 0.1) is 0 Å². The standard InChI is InChI=1S/C21H23N5O3/c1-3-16-9-11-18(12-10-16)23-20(27)15(2)29-21(28)19(26-14-22-24-25-26)13-17-7-5-4-6-8-17/h4-12,14-15,19H,3,13H2,1-2H3,(H,23,27)/t15-,19-/m1/s1. The maximum Gasteiger partial charge on any atom is 0.332 e. The van der Waals surface area contributed by atoms with Crippen molar-refractivity contribution in [3.8, 4) is 0 Å². The fraction of sp³-hybridized carbons (Fsp3) is 0.286. The molecule has 1 aromatic heterocycles. The number of rotatable bonds is 8. The second-order valence-corrected chi connectivity index (χ2v) is 6.61. The Morgan fingerprint density at radius 2 is 1.79 bits per heavy atom. The van der Waals surface area contributed by atoms with Crippen LogP contribution in [0.5, 0.6) is 0 Å². The van der Waals surface area contributed by atoms with E-state index in [1.54, 1.807) is 0 Å². The van der Waals surface area contributed by atoms with Gasteiger partial charge < -0.3 is 10.1 Å². The predicted octanol–water partition coefficient (Wildman–Crippen LogP) is 2.59. The van der Waals surface area contributed by atoms with Gasteiger partial charge >= 0.3 is 5.97 Å². The van der Waals surface area contributed by atoms with Crippen molar-refractivity contribution >= 4 is 17.6 Å². The van der Waals surface area contributed by atoms with Gasteiger partial charge in [-0.3, -0.25) is 4.79 Å². The number of carbonyl (C=O) groups is 2. The lowest BCUT2D eigenvalue weighted by atomic mass is 10.1. The Kier molecular flexibility index (Phi) is 6.67. The number of anilines is 1. The van der Waals surface area contributed by atoms with Crippen molar-refractivity contribution in [2.75, 3.05) is 5.32 Å².